The monoisotopic (exact) mass is 260 g/mol. The molecule has 1 amide bonds. The lowest BCUT2D eigenvalue weighted by Gasteiger charge is -2.16. The number of nitrogens with two attached hydrogens (primary N) is 1. The first-order valence-corrected chi connectivity index (χ1v) is 6.97. The largest absolute Gasteiger partial charge is 0.465 e. The van der Waals surface area contributed by atoms with Crippen LogP contribution in [0.2, 0.25) is 0 Å². The number of rotatable bonds is 7. The van der Waals surface area contributed by atoms with E-state index in [0.717, 1.165) is 12.8 Å². The maximum absolute atomic E-state index is 11.6. The van der Waals surface area contributed by atoms with Crippen LogP contribution in [0.1, 0.15) is 19.8 Å². The number of nitrogens with zero attached hydrogens (tertiary/aromatic N) is 1. The van der Waals surface area contributed by atoms with Crippen molar-refractivity contribution >= 4 is 23.6 Å². The summed E-state index contributed by atoms with van der Waals surface area (Å²) in [5, 5.41) is 0. The third kappa shape index (κ3) is 4.95. The van der Waals surface area contributed by atoms with E-state index in [-0.39, 0.29) is 5.91 Å². The van der Waals surface area contributed by atoms with Gasteiger partial charge in [-0.2, -0.15) is 0 Å². The van der Waals surface area contributed by atoms with E-state index in [1.165, 1.54) is 11.8 Å². The summed E-state index contributed by atoms with van der Waals surface area (Å²) in [6.07, 6.45) is 2.21. The summed E-state index contributed by atoms with van der Waals surface area (Å²) in [5.41, 5.74) is 5.62. The van der Waals surface area contributed by atoms with Crippen LogP contribution >= 0.6 is 11.8 Å². The molecule has 98 valence electrons. The molecule has 0 aromatic heterocycles. The van der Waals surface area contributed by atoms with Crippen LogP contribution in [-0.4, -0.2) is 54.0 Å². The van der Waals surface area contributed by atoms with Crippen molar-refractivity contribution in [3.05, 3.63) is 0 Å². The van der Waals surface area contributed by atoms with Crippen molar-refractivity contribution in [3.8, 4) is 0 Å². The second-order valence-corrected chi connectivity index (χ2v) is 5.14. The van der Waals surface area contributed by atoms with Gasteiger partial charge in [0.2, 0.25) is 5.91 Å². The molecule has 0 saturated heterocycles. The van der Waals surface area contributed by atoms with Crippen molar-refractivity contribution in [3.63, 3.8) is 0 Å². The molecule has 6 heteroatoms. The molecule has 1 aliphatic rings. The highest BCUT2D eigenvalue weighted by molar-refractivity contribution is 8.00. The molecular weight excluding hydrogens is 240 g/mol. The van der Waals surface area contributed by atoms with Crippen molar-refractivity contribution in [2.45, 2.75) is 31.8 Å². The van der Waals surface area contributed by atoms with Gasteiger partial charge in [-0.15, -0.1) is 11.8 Å². The molecule has 0 heterocycles. The minimum Gasteiger partial charge on any atom is -0.465 e. The van der Waals surface area contributed by atoms with Gasteiger partial charge in [0.25, 0.3) is 0 Å². The molecule has 1 aliphatic carbocycles. The van der Waals surface area contributed by atoms with Crippen LogP contribution in [0.25, 0.3) is 0 Å². The first-order valence-electron chi connectivity index (χ1n) is 5.81. The summed E-state index contributed by atoms with van der Waals surface area (Å²) in [4.78, 5) is 24.6. The molecule has 1 fully saturated rings. The van der Waals surface area contributed by atoms with Crippen LogP contribution in [0.3, 0.4) is 0 Å². The Bertz CT molecular complexity index is 282. The lowest BCUT2D eigenvalue weighted by Crippen LogP contribution is -2.36. The molecule has 2 N–H and O–H groups in total. The number of hydrogen-bond acceptors (Lipinski definition) is 5. The summed E-state index contributed by atoms with van der Waals surface area (Å²) in [7, 11) is 1.83. The van der Waals surface area contributed by atoms with Gasteiger partial charge < -0.3 is 15.4 Å². The van der Waals surface area contributed by atoms with Crippen molar-refractivity contribution in [2.75, 3.05) is 25.2 Å². The van der Waals surface area contributed by atoms with Crippen molar-refractivity contribution in [2.24, 2.45) is 5.73 Å². The quantitative estimate of drug-likeness (QED) is 0.663. The van der Waals surface area contributed by atoms with Gasteiger partial charge in [-0.25, -0.2) is 0 Å². The van der Waals surface area contributed by atoms with E-state index in [1.807, 2.05) is 7.05 Å². The summed E-state index contributed by atoms with van der Waals surface area (Å²) in [5.74, 6) is 0.500. The van der Waals surface area contributed by atoms with E-state index in [2.05, 4.69) is 0 Å². The van der Waals surface area contributed by atoms with Crippen LogP contribution in [-0.2, 0) is 14.3 Å². The zero-order valence-corrected chi connectivity index (χ0v) is 11.2. The Hall–Kier alpha value is -0.750. The average molecular weight is 260 g/mol. The molecule has 0 radical (unpaired) electrons. The highest BCUT2D eigenvalue weighted by Gasteiger charge is 2.29. The van der Waals surface area contributed by atoms with E-state index in [9.17, 15) is 9.59 Å². The molecule has 1 saturated carbocycles. The normalized spacial score (nSPS) is 16.4. The van der Waals surface area contributed by atoms with Crippen molar-refractivity contribution < 1.29 is 14.3 Å². The molecule has 0 aromatic carbocycles. The minimum absolute atomic E-state index is 0.105. The molecule has 17 heavy (non-hydrogen) atoms. The Morgan fingerprint density at radius 1 is 1.53 bits per heavy atom. The SMILES string of the molecule is CCOC(=O)C(N)CSCC(=O)N(C)C1CC1. The first-order chi connectivity index (χ1) is 8.06. The molecule has 0 bridgehead atoms. The minimum atomic E-state index is -0.640. The van der Waals surface area contributed by atoms with Crippen LogP contribution in [0.4, 0.5) is 0 Å². The first kappa shape index (κ1) is 14.3. The number of carbonyl (C=O) groups is 2. The molecule has 5 nitrogen and oxygen atoms in total. The Labute approximate surface area is 106 Å². The number of hydrogen-bond donors (Lipinski definition) is 1. The fourth-order valence-electron chi connectivity index (χ4n) is 1.36. The molecule has 1 rings (SSSR count). The van der Waals surface area contributed by atoms with E-state index in [4.69, 9.17) is 10.5 Å². The number of ether oxygens (including phenoxy) is 1. The lowest BCUT2D eigenvalue weighted by molar-refractivity contribution is -0.144. The van der Waals surface area contributed by atoms with E-state index in [1.54, 1.807) is 11.8 Å². The van der Waals surface area contributed by atoms with Gasteiger partial charge in [0.05, 0.1) is 12.4 Å². The number of esters is 1. The highest BCUT2D eigenvalue weighted by atomic mass is 32.2. The van der Waals surface area contributed by atoms with E-state index < -0.39 is 12.0 Å². The predicted molar refractivity (Wildman–Crippen MR) is 67.7 cm³/mol. The van der Waals surface area contributed by atoms with Crippen LogP contribution in [0, 0.1) is 0 Å². The number of carbonyl (C=O) groups excluding carboxylic acids is 2. The van der Waals surface area contributed by atoms with E-state index in [0.29, 0.717) is 24.2 Å². The highest BCUT2D eigenvalue weighted by Crippen LogP contribution is 2.25. The third-order valence-electron chi connectivity index (χ3n) is 2.60. The Morgan fingerprint density at radius 2 is 2.18 bits per heavy atom. The molecular formula is C11H20N2O3S. The Kier molecular flexibility index (Phi) is 5.77. The summed E-state index contributed by atoms with van der Waals surface area (Å²) in [6.45, 7) is 2.08. The van der Waals surface area contributed by atoms with Crippen LogP contribution in [0.15, 0.2) is 0 Å². The topological polar surface area (TPSA) is 72.6 Å². The standard InChI is InChI=1S/C11H20N2O3S/c1-3-16-11(15)9(12)6-17-7-10(14)13(2)8-4-5-8/h8-9H,3-7,12H2,1-2H3. The summed E-state index contributed by atoms with van der Waals surface area (Å²) in [6, 6.07) is -0.208. The average Bonchev–Trinajstić information content (AvgIpc) is 3.11. The second kappa shape index (κ2) is 6.86. The van der Waals surface area contributed by atoms with Gasteiger partial charge in [-0.05, 0) is 19.8 Å². The molecule has 0 aliphatic heterocycles. The number of thioether (sulfide) groups is 1. The Balaban J connectivity index is 2.13. The van der Waals surface area contributed by atoms with Gasteiger partial charge in [0.1, 0.15) is 6.04 Å². The zero-order chi connectivity index (χ0) is 12.8. The summed E-state index contributed by atoms with van der Waals surface area (Å²) < 4.78 is 4.78. The van der Waals surface area contributed by atoms with Gasteiger partial charge >= 0.3 is 5.97 Å². The fourth-order valence-corrected chi connectivity index (χ4v) is 2.24. The maximum Gasteiger partial charge on any atom is 0.323 e. The zero-order valence-electron chi connectivity index (χ0n) is 10.3. The Morgan fingerprint density at radius 3 is 2.71 bits per heavy atom. The molecule has 0 aromatic rings. The molecule has 1 unspecified atom stereocenters. The van der Waals surface area contributed by atoms with Gasteiger partial charge in [-0.1, -0.05) is 0 Å². The van der Waals surface area contributed by atoms with Gasteiger partial charge in [-0.3, -0.25) is 9.59 Å². The second-order valence-electron chi connectivity index (χ2n) is 4.11. The van der Waals surface area contributed by atoms with Gasteiger partial charge in [0, 0.05) is 18.8 Å². The number of amides is 1. The lowest BCUT2D eigenvalue weighted by atomic mass is 10.4. The fraction of sp³-hybridized carbons (Fsp3) is 0.818. The van der Waals surface area contributed by atoms with Crippen LogP contribution in [0.5, 0.6) is 0 Å². The van der Waals surface area contributed by atoms with Crippen LogP contribution < -0.4 is 5.73 Å². The maximum atomic E-state index is 11.6. The van der Waals surface area contributed by atoms with Crippen molar-refractivity contribution in [1.29, 1.82) is 0 Å². The van der Waals surface area contributed by atoms with Crippen molar-refractivity contribution in [1.82, 2.24) is 4.90 Å². The smallest absolute Gasteiger partial charge is 0.323 e. The molecule has 1 atom stereocenters. The van der Waals surface area contributed by atoms with E-state index >= 15 is 0 Å². The summed E-state index contributed by atoms with van der Waals surface area (Å²) >= 11 is 1.38. The third-order valence-corrected chi connectivity index (χ3v) is 3.65. The van der Waals surface area contributed by atoms with Gasteiger partial charge in [0.15, 0.2) is 0 Å². The molecule has 0 spiro atoms. The predicted octanol–water partition coefficient (Wildman–Crippen LogP) is 0.231.